The van der Waals surface area contributed by atoms with Gasteiger partial charge in [-0.3, -0.25) is 0 Å². The van der Waals surface area contributed by atoms with Crippen molar-refractivity contribution in [3.8, 4) is 0 Å². The van der Waals surface area contributed by atoms with Crippen molar-refractivity contribution in [1.29, 1.82) is 0 Å². The third-order valence-electron chi connectivity index (χ3n) is 0. The summed E-state index contributed by atoms with van der Waals surface area (Å²) in [7, 11) is 8.19. The normalized spacial score (nSPS) is 2.00. The van der Waals surface area contributed by atoms with Gasteiger partial charge < -0.3 is 0 Å². The Morgan fingerprint density at radius 1 is 0.750 bits per heavy atom. The van der Waals surface area contributed by atoms with Crippen LogP contribution in [0.25, 0.3) is 0 Å². The van der Waals surface area contributed by atoms with Crippen molar-refractivity contribution in [2.45, 2.75) is 0 Å². The molecule has 0 atom stereocenters. The van der Waals surface area contributed by atoms with Gasteiger partial charge in [0.25, 0.3) is 0 Å². The molecule has 0 fully saturated rings. The molecule has 0 rings (SSSR count). The molecule has 24 valence electrons. The van der Waals surface area contributed by atoms with Gasteiger partial charge in [0, 0.05) is 0 Å². The van der Waals surface area contributed by atoms with Gasteiger partial charge in [0.2, 0.25) is 0 Å². The molecule has 0 aliphatic carbocycles. The second kappa shape index (κ2) is 19.9. The Balaban J connectivity index is 0. The molecule has 0 aromatic carbocycles. The second-order valence-electron chi connectivity index (χ2n) is 0. The fourth-order valence-electron chi connectivity index (χ4n) is 0. The van der Waals surface area contributed by atoms with Crippen LogP contribution in [0.2, 0.25) is 0 Å². The van der Waals surface area contributed by atoms with Crippen molar-refractivity contribution in [2.24, 2.45) is 0 Å². The third kappa shape index (κ3) is 8.99. The molecule has 0 saturated carbocycles. The fourth-order valence-corrected chi connectivity index (χ4v) is 0. The van der Waals surface area contributed by atoms with Gasteiger partial charge in [-0.2, -0.15) is 0 Å². The Labute approximate surface area is 58.5 Å². The molecule has 0 unspecified atom stereocenters. The Hall–Kier alpha value is 2.02. The van der Waals surface area contributed by atoms with E-state index in [0.29, 0.717) is 0 Å². The molecular weight excluding hydrogens is 319 g/mol. The van der Waals surface area contributed by atoms with E-state index >= 15 is 0 Å². The van der Waals surface area contributed by atoms with E-state index in [9.17, 15) is 0 Å². The van der Waals surface area contributed by atoms with E-state index in [1.807, 2.05) is 0 Å². The van der Waals surface area contributed by atoms with Crippen molar-refractivity contribution >= 4 is 59.4 Å². The van der Waals surface area contributed by atoms with Crippen LogP contribution in [0.15, 0.2) is 0 Å². The molecule has 0 spiro atoms. The predicted molar refractivity (Wildman–Crippen MR) is 26.7 cm³/mol. The molecule has 0 aliphatic heterocycles. The zero-order chi connectivity index (χ0) is 4.00. The summed E-state index contributed by atoms with van der Waals surface area (Å²) in [5.74, 6) is 0. The van der Waals surface area contributed by atoms with E-state index in [1.165, 1.54) is 40.7 Å². The van der Waals surface area contributed by atoms with E-state index in [0.717, 1.165) is 0 Å². The Bertz CT molecular complexity index is 6.00. The molecule has 0 N–H and O–H groups in total. The van der Waals surface area contributed by atoms with E-state index in [2.05, 4.69) is 18.7 Å². The summed E-state index contributed by atoms with van der Waals surface area (Å²) < 4.78 is 0. The molecule has 0 saturated heterocycles. The quantitative estimate of drug-likeness (QED) is 0.598. The van der Waals surface area contributed by atoms with Crippen LogP contribution in [0, 0.1) is 0 Å². The summed E-state index contributed by atoms with van der Waals surface area (Å²) >= 11 is 3.07. The minimum absolute atomic E-state index is 1.53. The van der Waals surface area contributed by atoms with Gasteiger partial charge in [-0.05, 0) is 0 Å². The van der Waals surface area contributed by atoms with Gasteiger partial charge >= 0.3 is 59.4 Å². The number of rotatable bonds is 0. The van der Waals surface area contributed by atoms with Crippen molar-refractivity contribution < 1.29 is 0 Å². The first-order valence-corrected chi connectivity index (χ1v) is 6.71. The van der Waals surface area contributed by atoms with Crippen LogP contribution in [0.4, 0.5) is 0 Å². The standard InChI is InChI=1S/2STe/c2*1-2. The molecule has 0 bridgehead atoms. The monoisotopic (exact) mass is 324 g/mol. The average molecular weight is 319 g/mol. The number of hydrogen-bond donors (Lipinski definition) is 0. The van der Waals surface area contributed by atoms with Crippen LogP contribution in [0.3, 0.4) is 0 Å². The van der Waals surface area contributed by atoms with Crippen LogP contribution < -0.4 is 0 Å². The molecule has 0 radical (unpaired) electrons. The minimum atomic E-state index is 1.53. The zero-order valence-electron chi connectivity index (χ0n) is 1.63. The molecule has 4 heteroatoms. The molecule has 0 nitrogen and oxygen atoms in total. The van der Waals surface area contributed by atoms with Crippen LogP contribution in [0.1, 0.15) is 0 Å². The summed E-state index contributed by atoms with van der Waals surface area (Å²) in [6.07, 6.45) is 0. The summed E-state index contributed by atoms with van der Waals surface area (Å²) in [5, 5.41) is 0. The van der Waals surface area contributed by atoms with Crippen molar-refractivity contribution in [2.75, 3.05) is 0 Å². The molecule has 0 amide bonds. The Kier molecular flexibility index (Phi) is 46.7. The molecular formula is S2Te2. The molecule has 0 heterocycles. The van der Waals surface area contributed by atoms with E-state index in [4.69, 9.17) is 0 Å². The van der Waals surface area contributed by atoms with Gasteiger partial charge in [-0.25, -0.2) is 0 Å². The van der Waals surface area contributed by atoms with Crippen molar-refractivity contribution in [3.05, 3.63) is 0 Å². The molecule has 0 aliphatic rings. The Morgan fingerprint density at radius 2 is 0.750 bits per heavy atom. The topological polar surface area (TPSA) is 0 Å². The Morgan fingerprint density at radius 3 is 0.750 bits per heavy atom. The summed E-state index contributed by atoms with van der Waals surface area (Å²) in [4.78, 5) is 0. The van der Waals surface area contributed by atoms with Crippen molar-refractivity contribution in [1.82, 2.24) is 0 Å². The van der Waals surface area contributed by atoms with Crippen molar-refractivity contribution in [3.63, 3.8) is 0 Å². The number of hydrogen-bond acceptors (Lipinski definition) is 2. The van der Waals surface area contributed by atoms with E-state index in [1.54, 1.807) is 0 Å². The first-order valence-electron chi connectivity index (χ1n) is 0.333. The molecule has 4 heavy (non-hydrogen) atoms. The first-order chi connectivity index (χ1) is 2.00. The average Bonchev–Trinajstić information content (AvgIpc) is 1.50. The zero-order valence-corrected chi connectivity index (χ0v) is 7.93. The van der Waals surface area contributed by atoms with Crippen LogP contribution in [-0.2, 0) is 0 Å². The molecule has 0 aromatic rings. The first kappa shape index (κ1) is 9.39. The SMILES string of the molecule is S=[Te].S=[Te]. The fraction of sp³-hybridized carbons (Fsp3) is 0. The summed E-state index contributed by atoms with van der Waals surface area (Å²) in [5.41, 5.74) is 0. The maximum absolute atomic E-state index is 4.09. The van der Waals surface area contributed by atoms with Crippen LogP contribution in [0.5, 0.6) is 0 Å². The van der Waals surface area contributed by atoms with E-state index < -0.39 is 0 Å². The van der Waals surface area contributed by atoms with Crippen LogP contribution in [-0.4, -0.2) is 40.7 Å². The second-order valence-corrected chi connectivity index (χ2v) is 0. The molecule has 0 aromatic heterocycles. The van der Waals surface area contributed by atoms with Gasteiger partial charge in [-0.15, -0.1) is 0 Å². The van der Waals surface area contributed by atoms with Gasteiger partial charge in [0.1, 0.15) is 0 Å². The summed E-state index contributed by atoms with van der Waals surface area (Å²) in [6, 6.07) is 0. The maximum atomic E-state index is 4.09. The van der Waals surface area contributed by atoms with E-state index in [-0.39, 0.29) is 0 Å². The van der Waals surface area contributed by atoms with Gasteiger partial charge in [-0.1, -0.05) is 0 Å². The van der Waals surface area contributed by atoms with Gasteiger partial charge in [0.15, 0.2) is 0 Å². The van der Waals surface area contributed by atoms with Crippen LogP contribution >= 0.6 is 18.7 Å². The third-order valence-corrected chi connectivity index (χ3v) is 0. The van der Waals surface area contributed by atoms with Gasteiger partial charge in [0.05, 0.1) is 0 Å². The summed E-state index contributed by atoms with van der Waals surface area (Å²) in [6.45, 7) is 0. The predicted octanol–water partition coefficient (Wildman–Crippen LogP) is 0.535.